The smallest absolute Gasteiger partial charge is 0.263 e. The van der Waals surface area contributed by atoms with E-state index in [4.69, 9.17) is 0 Å². The van der Waals surface area contributed by atoms with Crippen LogP contribution in [0.4, 0.5) is 11.6 Å². The maximum atomic E-state index is 12.1. The molecule has 0 radical (unpaired) electrons. The molecule has 40 heavy (non-hydrogen) atoms. The summed E-state index contributed by atoms with van der Waals surface area (Å²) in [5.74, 6) is 0.108. The number of pyridine rings is 2. The second-order valence-electron chi connectivity index (χ2n) is 8.10. The summed E-state index contributed by atoms with van der Waals surface area (Å²) in [7, 11) is -7.33. The SMILES string of the molecule is CC(=O)c1ccc(NS(=O)(=O)c2ccc(I)cc2)nc1.CC(=O)c1ccc(NS(=O)(=O)c2ccc(I)cc2)nc1. The summed E-state index contributed by atoms with van der Waals surface area (Å²) in [5.41, 5.74) is 0.865. The fourth-order valence-corrected chi connectivity index (χ4v) is 5.68. The van der Waals surface area contributed by atoms with E-state index in [1.54, 1.807) is 24.3 Å². The molecule has 0 amide bonds. The van der Waals surface area contributed by atoms with Crippen molar-refractivity contribution in [2.75, 3.05) is 9.44 Å². The van der Waals surface area contributed by atoms with E-state index in [2.05, 4.69) is 64.6 Å². The van der Waals surface area contributed by atoms with Crippen molar-refractivity contribution in [1.29, 1.82) is 0 Å². The molecule has 0 fully saturated rings. The van der Waals surface area contributed by atoms with Crippen molar-refractivity contribution in [2.45, 2.75) is 23.6 Å². The van der Waals surface area contributed by atoms with Gasteiger partial charge in [0, 0.05) is 30.7 Å². The molecule has 10 nitrogen and oxygen atoms in total. The van der Waals surface area contributed by atoms with E-state index in [-0.39, 0.29) is 33.0 Å². The lowest BCUT2D eigenvalue weighted by Crippen LogP contribution is -2.14. The minimum absolute atomic E-state index is 0.121. The lowest BCUT2D eigenvalue weighted by atomic mass is 10.2. The molecule has 0 aliphatic rings. The van der Waals surface area contributed by atoms with Crippen molar-refractivity contribution in [3.63, 3.8) is 0 Å². The number of hydrogen-bond acceptors (Lipinski definition) is 8. The van der Waals surface area contributed by atoms with Crippen LogP contribution in [-0.4, -0.2) is 38.4 Å². The van der Waals surface area contributed by atoms with Gasteiger partial charge in [0.2, 0.25) is 0 Å². The topological polar surface area (TPSA) is 152 Å². The molecule has 4 aromatic rings. The summed E-state index contributed by atoms with van der Waals surface area (Å²) in [6.07, 6.45) is 2.68. The average Bonchev–Trinajstić information content (AvgIpc) is 2.90. The second kappa shape index (κ2) is 13.6. The maximum absolute atomic E-state index is 12.1. The van der Waals surface area contributed by atoms with Crippen LogP contribution in [0.1, 0.15) is 34.6 Å². The number of carbonyl (C=O) groups excluding carboxylic acids is 2. The number of rotatable bonds is 8. The highest BCUT2D eigenvalue weighted by atomic mass is 127. The summed E-state index contributed by atoms with van der Waals surface area (Å²) in [5, 5.41) is 0. The molecule has 2 N–H and O–H groups in total. The van der Waals surface area contributed by atoms with Gasteiger partial charge >= 0.3 is 0 Å². The third kappa shape index (κ3) is 9.03. The standard InChI is InChI=1S/2C13H11IN2O3S/c2*1-9(17)10-2-7-13(15-8-10)16-20(18,19)12-5-3-11(14)4-6-12/h2*2-8H,1H3,(H,15,16). The monoisotopic (exact) mass is 804 g/mol. The largest absolute Gasteiger partial charge is 0.294 e. The summed E-state index contributed by atoms with van der Waals surface area (Å²) in [6, 6.07) is 18.9. The molecule has 0 atom stereocenters. The number of nitrogens with zero attached hydrogens (tertiary/aromatic N) is 2. The molecule has 0 bridgehead atoms. The predicted octanol–water partition coefficient (Wildman–Crippen LogP) is 5.38. The maximum Gasteiger partial charge on any atom is 0.263 e. The van der Waals surface area contributed by atoms with Gasteiger partial charge in [-0.05, 0) is 132 Å². The van der Waals surface area contributed by atoms with Gasteiger partial charge in [-0.2, -0.15) is 0 Å². The van der Waals surface area contributed by atoms with Gasteiger partial charge in [-0.15, -0.1) is 0 Å². The molecule has 0 aliphatic carbocycles. The number of sulfonamides is 2. The van der Waals surface area contributed by atoms with Crippen molar-refractivity contribution in [2.24, 2.45) is 0 Å². The number of Topliss-reactive ketones (excluding diaryl/α,β-unsaturated/α-hetero) is 2. The molecular formula is C26H22I2N4O6S2. The minimum Gasteiger partial charge on any atom is -0.294 e. The van der Waals surface area contributed by atoms with Gasteiger partial charge in [-0.3, -0.25) is 19.0 Å². The van der Waals surface area contributed by atoms with Crippen molar-refractivity contribution in [3.8, 4) is 0 Å². The van der Waals surface area contributed by atoms with Gasteiger partial charge in [0.25, 0.3) is 20.0 Å². The fraction of sp³-hybridized carbons (Fsp3) is 0.0769. The molecule has 0 saturated heterocycles. The summed E-state index contributed by atoms with van der Waals surface area (Å²) in [4.78, 5) is 30.4. The van der Waals surface area contributed by atoms with Crippen molar-refractivity contribution in [3.05, 3.63) is 103 Å². The Morgan fingerprint density at radius 2 is 0.900 bits per heavy atom. The lowest BCUT2D eigenvalue weighted by Gasteiger charge is -2.07. The zero-order chi connectivity index (χ0) is 29.5. The number of aromatic nitrogens is 2. The number of hydrogen-bond donors (Lipinski definition) is 2. The second-order valence-corrected chi connectivity index (χ2v) is 14.0. The molecule has 2 aromatic heterocycles. The Balaban J connectivity index is 0.000000220. The fourth-order valence-electron chi connectivity index (χ4n) is 2.95. The van der Waals surface area contributed by atoms with Crippen LogP contribution < -0.4 is 9.44 Å². The Kier molecular flexibility index (Phi) is 10.7. The average molecular weight is 804 g/mol. The van der Waals surface area contributed by atoms with Gasteiger partial charge in [-0.25, -0.2) is 26.8 Å². The number of ketones is 2. The first kappa shape index (κ1) is 31.6. The molecular weight excluding hydrogens is 782 g/mol. The van der Waals surface area contributed by atoms with Crippen LogP contribution in [0.15, 0.2) is 95.0 Å². The van der Waals surface area contributed by atoms with Crippen LogP contribution in [0, 0.1) is 7.14 Å². The Labute approximate surface area is 259 Å². The van der Waals surface area contributed by atoms with Gasteiger partial charge in [0.05, 0.1) is 9.79 Å². The Hall–Kier alpha value is -2.96. The number of carbonyl (C=O) groups is 2. The Morgan fingerprint density at radius 1 is 0.575 bits per heavy atom. The lowest BCUT2D eigenvalue weighted by molar-refractivity contribution is 0.100. The molecule has 0 saturated carbocycles. The highest BCUT2D eigenvalue weighted by molar-refractivity contribution is 14.1. The highest BCUT2D eigenvalue weighted by Crippen LogP contribution is 2.17. The number of anilines is 2. The van der Waals surface area contributed by atoms with Crippen LogP contribution >= 0.6 is 45.2 Å². The van der Waals surface area contributed by atoms with E-state index in [9.17, 15) is 26.4 Å². The summed E-state index contributed by atoms with van der Waals surface area (Å²) >= 11 is 4.20. The predicted molar refractivity (Wildman–Crippen MR) is 168 cm³/mol. The molecule has 0 aliphatic heterocycles. The first-order valence-corrected chi connectivity index (χ1v) is 16.4. The van der Waals surface area contributed by atoms with Gasteiger partial charge in [0.1, 0.15) is 11.6 Å². The van der Waals surface area contributed by atoms with E-state index in [1.165, 1.54) is 74.8 Å². The first-order valence-electron chi connectivity index (χ1n) is 11.3. The van der Waals surface area contributed by atoms with E-state index >= 15 is 0 Å². The van der Waals surface area contributed by atoms with Crippen LogP contribution in [0.2, 0.25) is 0 Å². The highest BCUT2D eigenvalue weighted by Gasteiger charge is 2.16. The Morgan fingerprint density at radius 3 is 1.15 bits per heavy atom. The third-order valence-electron chi connectivity index (χ3n) is 5.07. The molecule has 14 heteroatoms. The number of benzene rings is 2. The van der Waals surface area contributed by atoms with Crippen LogP contribution in [0.3, 0.4) is 0 Å². The zero-order valence-electron chi connectivity index (χ0n) is 21.0. The zero-order valence-corrected chi connectivity index (χ0v) is 26.9. The molecule has 2 aromatic carbocycles. The van der Waals surface area contributed by atoms with Crippen molar-refractivity contribution >= 4 is 88.4 Å². The van der Waals surface area contributed by atoms with Crippen molar-refractivity contribution in [1.82, 2.24) is 9.97 Å². The normalized spacial score (nSPS) is 11.1. The van der Waals surface area contributed by atoms with Crippen LogP contribution in [-0.2, 0) is 20.0 Å². The third-order valence-corrected chi connectivity index (χ3v) is 9.25. The van der Waals surface area contributed by atoms with Gasteiger partial charge in [0.15, 0.2) is 11.6 Å². The van der Waals surface area contributed by atoms with Crippen molar-refractivity contribution < 1.29 is 26.4 Å². The number of halogens is 2. The molecule has 0 spiro atoms. The minimum atomic E-state index is -3.66. The van der Waals surface area contributed by atoms with Gasteiger partial charge in [-0.1, -0.05) is 0 Å². The summed E-state index contributed by atoms with van der Waals surface area (Å²) < 4.78 is 55.1. The number of nitrogens with one attached hydrogen (secondary N) is 2. The van der Waals surface area contributed by atoms with Gasteiger partial charge < -0.3 is 0 Å². The molecule has 208 valence electrons. The quantitative estimate of drug-likeness (QED) is 0.178. The first-order chi connectivity index (χ1) is 18.8. The Bertz CT molecular complexity index is 1580. The van der Waals surface area contributed by atoms with E-state index in [0.29, 0.717) is 11.1 Å². The van der Waals surface area contributed by atoms with Crippen LogP contribution in [0.5, 0.6) is 0 Å². The molecule has 0 unspecified atom stereocenters. The van der Waals surface area contributed by atoms with E-state index in [1.807, 2.05) is 0 Å². The molecule has 4 rings (SSSR count). The van der Waals surface area contributed by atoms with E-state index < -0.39 is 20.0 Å². The summed E-state index contributed by atoms with van der Waals surface area (Å²) in [6.45, 7) is 2.85. The van der Waals surface area contributed by atoms with Crippen LogP contribution in [0.25, 0.3) is 0 Å². The van der Waals surface area contributed by atoms with E-state index in [0.717, 1.165) is 7.14 Å². The molecule has 2 heterocycles.